The predicted octanol–water partition coefficient (Wildman–Crippen LogP) is 4.55. The minimum Gasteiger partial charge on any atom is -0.369 e. The topological polar surface area (TPSA) is 105 Å². The Hall–Kier alpha value is -2.23. The third-order valence-electron chi connectivity index (χ3n) is 4.04. The van der Waals surface area contributed by atoms with Gasteiger partial charge in [-0.15, -0.1) is 5.11 Å². The number of nitro benzene ring substituents is 1. The van der Waals surface area contributed by atoms with Gasteiger partial charge in [-0.1, -0.05) is 23.2 Å². The van der Waals surface area contributed by atoms with Crippen LogP contribution >= 0.6 is 23.2 Å². The number of nitro groups is 1. The van der Waals surface area contributed by atoms with Gasteiger partial charge in [-0.3, -0.25) is 10.1 Å². The molecule has 27 heavy (non-hydrogen) atoms. The Morgan fingerprint density at radius 1 is 1.00 bits per heavy atom. The van der Waals surface area contributed by atoms with Crippen molar-refractivity contribution in [2.75, 3.05) is 29.5 Å². The van der Waals surface area contributed by atoms with E-state index in [-0.39, 0.29) is 32.9 Å². The van der Waals surface area contributed by atoms with Crippen LogP contribution in [0.1, 0.15) is 0 Å². The lowest BCUT2D eigenvalue weighted by Gasteiger charge is -2.28. The van der Waals surface area contributed by atoms with Gasteiger partial charge in [0, 0.05) is 30.9 Å². The molecule has 0 N–H and O–H groups in total. The van der Waals surface area contributed by atoms with Crippen LogP contribution in [-0.2, 0) is 9.84 Å². The Kier molecular flexibility index (Phi) is 5.64. The van der Waals surface area contributed by atoms with Crippen molar-refractivity contribution < 1.29 is 13.3 Å². The lowest BCUT2D eigenvalue weighted by Crippen LogP contribution is -2.40. The van der Waals surface area contributed by atoms with Crippen molar-refractivity contribution in [3.8, 4) is 0 Å². The maximum Gasteiger partial charge on any atom is 0.272 e. The molecule has 8 nitrogen and oxygen atoms in total. The summed E-state index contributed by atoms with van der Waals surface area (Å²) in [6.07, 6.45) is 0. The molecule has 0 unspecified atom stereocenters. The zero-order valence-electron chi connectivity index (χ0n) is 13.9. The standard InChI is InChI=1S/C16H14Cl2N4O4S/c17-14-9-13(22(23)24)10-15(18)16(14)20-19-11-1-3-12(4-2-11)21-5-7-27(25,26)8-6-21/h1-4,9-10H,5-8H2. The zero-order chi connectivity index (χ0) is 19.6. The Labute approximate surface area is 165 Å². The van der Waals surface area contributed by atoms with E-state index in [0.29, 0.717) is 18.8 Å². The van der Waals surface area contributed by atoms with Gasteiger partial charge in [0.05, 0.1) is 32.2 Å². The lowest BCUT2D eigenvalue weighted by atomic mass is 10.2. The molecule has 0 aliphatic carbocycles. The molecule has 1 fully saturated rings. The number of azo groups is 1. The van der Waals surface area contributed by atoms with Crippen molar-refractivity contribution in [3.63, 3.8) is 0 Å². The van der Waals surface area contributed by atoms with Crippen LogP contribution in [0.25, 0.3) is 0 Å². The normalized spacial score (nSPS) is 16.6. The van der Waals surface area contributed by atoms with E-state index in [0.717, 1.165) is 17.8 Å². The Morgan fingerprint density at radius 2 is 1.56 bits per heavy atom. The van der Waals surface area contributed by atoms with Gasteiger partial charge >= 0.3 is 0 Å². The van der Waals surface area contributed by atoms with Crippen molar-refractivity contribution in [2.45, 2.75) is 0 Å². The molecule has 1 aliphatic heterocycles. The van der Waals surface area contributed by atoms with Crippen LogP contribution in [-0.4, -0.2) is 37.9 Å². The van der Waals surface area contributed by atoms with Gasteiger partial charge in [0.2, 0.25) is 0 Å². The van der Waals surface area contributed by atoms with Gasteiger partial charge < -0.3 is 4.90 Å². The van der Waals surface area contributed by atoms with E-state index < -0.39 is 14.8 Å². The number of halogens is 2. The second kappa shape index (κ2) is 7.79. The number of sulfone groups is 1. The fraction of sp³-hybridized carbons (Fsp3) is 0.250. The molecule has 0 aromatic heterocycles. The monoisotopic (exact) mass is 428 g/mol. The van der Waals surface area contributed by atoms with Gasteiger partial charge in [-0.2, -0.15) is 5.11 Å². The fourth-order valence-electron chi connectivity index (χ4n) is 2.56. The molecular weight excluding hydrogens is 415 g/mol. The second-order valence-electron chi connectivity index (χ2n) is 5.87. The number of hydrogen-bond acceptors (Lipinski definition) is 7. The van der Waals surface area contributed by atoms with E-state index in [4.69, 9.17) is 23.2 Å². The molecule has 11 heteroatoms. The van der Waals surface area contributed by atoms with Gasteiger partial charge in [0.25, 0.3) is 5.69 Å². The summed E-state index contributed by atoms with van der Waals surface area (Å²) in [5.74, 6) is 0.289. The summed E-state index contributed by atoms with van der Waals surface area (Å²) in [6.45, 7) is 0.911. The average molecular weight is 429 g/mol. The van der Waals surface area contributed by atoms with E-state index in [1.54, 1.807) is 12.1 Å². The van der Waals surface area contributed by atoms with E-state index in [2.05, 4.69) is 10.2 Å². The van der Waals surface area contributed by atoms with Crippen molar-refractivity contribution >= 4 is 55.8 Å². The van der Waals surface area contributed by atoms with Crippen molar-refractivity contribution in [3.05, 3.63) is 56.6 Å². The molecule has 0 amide bonds. The summed E-state index contributed by atoms with van der Waals surface area (Å²) in [6, 6.07) is 9.44. The van der Waals surface area contributed by atoms with Crippen molar-refractivity contribution in [2.24, 2.45) is 10.2 Å². The first-order valence-electron chi connectivity index (χ1n) is 7.86. The van der Waals surface area contributed by atoms with E-state index in [1.165, 1.54) is 0 Å². The molecule has 0 bridgehead atoms. The highest BCUT2D eigenvalue weighted by molar-refractivity contribution is 7.91. The first-order valence-corrected chi connectivity index (χ1v) is 10.4. The van der Waals surface area contributed by atoms with Gasteiger partial charge in [0.1, 0.15) is 5.69 Å². The third-order valence-corrected chi connectivity index (χ3v) is 6.22. The van der Waals surface area contributed by atoms with E-state index >= 15 is 0 Å². The number of non-ortho nitro benzene ring substituents is 1. The summed E-state index contributed by atoms with van der Waals surface area (Å²) in [7, 11) is -2.93. The van der Waals surface area contributed by atoms with Crippen LogP contribution < -0.4 is 4.90 Å². The van der Waals surface area contributed by atoms with Crippen LogP contribution in [0, 0.1) is 10.1 Å². The average Bonchev–Trinajstić information content (AvgIpc) is 2.61. The Balaban J connectivity index is 1.74. The van der Waals surface area contributed by atoms with Gasteiger partial charge in [0.15, 0.2) is 9.84 Å². The molecule has 0 radical (unpaired) electrons. The van der Waals surface area contributed by atoms with Gasteiger partial charge in [-0.25, -0.2) is 8.42 Å². The molecule has 2 aromatic carbocycles. The maximum absolute atomic E-state index is 11.5. The van der Waals surface area contributed by atoms with Crippen molar-refractivity contribution in [1.82, 2.24) is 0 Å². The quantitative estimate of drug-likeness (QED) is 0.403. The summed E-state index contributed by atoms with van der Waals surface area (Å²) in [4.78, 5) is 12.2. The molecule has 3 rings (SSSR count). The number of rotatable bonds is 4. The summed E-state index contributed by atoms with van der Waals surface area (Å²) in [5.41, 5.74) is 1.36. The third kappa shape index (κ3) is 4.74. The van der Waals surface area contributed by atoms with E-state index in [1.807, 2.05) is 17.0 Å². The molecule has 0 spiro atoms. The first-order chi connectivity index (χ1) is 12.7. The number of nitrogens with zero attached hydrogens (tertiary/aromatic N) is 4. The zero-order valence-corrected chi connectivity index (χ0v) is 16.2. The van der Waals surface area contributed by atoms with Crippen LogP contribution in [0.15, 0.2) is 46.6 Å². The highest BCUT2D eigenvalue weighted by Crippen LogP contribution is 2.37. The predicted molar refractivity (Wildman–Crippen MR) is 105 cm³/mol. The molecule has 1 aliphatic rings. The van der Waals surface area contributed by atoms with Crippen LogP contribution in [0.2, 0.25) is 10.0 Å². The Morgan fingerprint density at radius 3 is 2.07 bits per heavy atom. The molecule has 1 heterocycles. The van der Waals surface area contributed by atoms with Crippen LogP contribution in [0.3, 0.4) is 0 Å². The Bertz CT molecular complexity index is 973. The fourth-order valence-corrected chi connectivity index (χ4v) is 4.31. The van der Waals surface area contributed by atoms with Gasteiger partial charge in [-0.05, 0) is 24.3 Å². The molecule has 2 aromatic rings. The molecular formula is C16H14Cl2N4O4S. The smallest absolute Gasteiger partial charge is 0.272 e. The molecule has 0 atom stereocenters. The number of anilines is 1. The summed E-state index contributed by atoms with van der Waals surface area (Å²) >= 11 is 12.0. The minimum atomic E-state index is -2.93. The van der Waals surface area contributed by atoms with Crippen LogP contribution in [0.5, 0.6) is 0 Å². The highest BCUT2D eigenvalue weighted by Gasteiger charge is 2.21. The lowest BCUT2D eigenvalue weighted by molar-refractivity contribution is -0.384. The SMILES string of the molecule is O=[N+]([O-])c1cc(Cl)c(N=Nc2ccc(N3CCS(=O)(=O)CC3)cc2)c(Cl)c1. The molecule has 1 saturated heterocycles. The largest absolute Gasteiger partial charge is 0.369 e. The highest BCUT2D eigenvalue weighted by atomic mass is 35.5. The number of benzene rings is 2. The van der Waals surface area contributed by atoms with Crippen molar-refractivity contribution in [1.29, 1.82) is 0 Å². The van der Waals surface area contributed by atoms with Crippen LogP contribution in [0.4, 0.5) is 22.7 Å². The molecule has 142 valence electrons. The summed E-state index contributed by atoms with van der Waals surface area (Å²) in [5, 5.41) is 18.9. The molecule has 0 saturated carbocycles. The summed E-state index contributed by atoms with van der Waals surface area (Å²) < 4.78 is 23.0. The minimum absolute atomic E-state index is 0.0316. The number of hydrogen-bond donors (Lipinski definition) is 0. The van der Waals surface area contributed by atoms with E-state index in [9.17, 15) is 18.5 Å². The first kappa shape index (κ1) is 19.5. The maximum atomic E-state index is 11.5. The second-order valence-corrected chi connectivity index (χ2v) is 8.99.